The lowest BCUT2D eigenvalue weighted by molar-refractivity contribution is 0.317. The van der Waals surface area contributed by atoms with Crippen molar-refractivity contribution in [3.8, 4) is 17.0 Å². The van der Waals surface area contributed by atoms with Gasteiger partial charge in [0.05, 0.1) is 12.3 Å². The molecule has 1 aromatic carbocycles. The van der Waals surface area contributed by atoms with Gasteiger partial charge in [-0.15, -0.1) is 0 Å². The first kappa shape index (κ1) is 14.4. The van der Waals surface area contributed by atoms with E-state index in [2.05, 4.69) is 36.3 Å². The van der Waals surface area contributed by atoms with Crippen LogP contribution in [0.25, 0.3) is 11.3 Å². The van der Waals surface area contributed by atoms with E-state index in [0.717, 1.165) is 48.8 Å². The van der Waals surface area contributed by atoms with Crippen LogP contribution in [0.3, 0.4) is 0 Å². The molecule has 0 saturated carbocycles. The number of hydrogen-bond acceptors (Lipinski definition) is 3. The van der Waals surface area contributed by atoms with Crippen LogP contribution in [-0.2, 0) is 0 Å². The maximum Gasteiger partial charge on any atom is 0.126 e. The maximum atomic E-state index is 5.59. The minimum Gasteiger partial charge on any atom is -0.494 e. The molecule has 1 aromatic heterocycles. The fourth-order valence-corrected chi connectivity index (χ4v) is 1.89. The average Bonchev–Trinajstić information content (AvgIpc) is 2.52. The van der Waals surface area contributed by atoms with E-state index in [1.54, 1.807) is 0 Å². The Balaban J connectivity index is 2.10. The minimum absolute atomic E-state index is 0.758. The molecule has 1 heterocycles. The predicted octanol–water partition coefficient (Wildman–Crippen LogP) is 4.36. The number of ether oxygens (including phenoxy) is 1. The molecule has 0 spiro atoms. The molecule has 0 aliphatic carbocycles. The standard InChI is InChI=1S/C17H22N2O/c1-3-12-18-17-7-5-6-16(19-17)14-8-10-15(11-9-14)20-13-4-2/h5-11H,3-4,12-13H2,1-2H3,(H,18,19). The van der Waals surface area contributed by atoms with Gasteiger partial charge in [0.15, 0.2) is 0 Å². The zero-order valence-electron chi connectivity index (χ0n) is 12.2. The molecule has 106 valence electrons. The van der Waals surface area contributed by atoms with Crippen molar-refractivity contribution in [3.05, 3.63) is 42.5 Å². The van der Waals surface area contributed by atoms with Gasteiger partial charge < -0.3 is 10.1 Å². The first-order chi connectivity index (χ1) is 9.83. The fraction of sp³-hybridized carbons (Fsp3) is 0.353. The second-order valence-corrected chi connectivity index (χ2v) is 4.71. The summed E-state index contributed by atoms with van der Waals surface area (Å²) < 4.78 is 5.59. The first-order valence-electron chi connectivity index (χ1n) is 7.27. The van der Waals surface area contributed by atoms with Crippen molar-refractivity contribution >= 4 is 5.82 Å². The maximum absolute atomic E-state index is 5.59. The Hall–Kier alpha value is -2.03. The topological polar surface area (TPSA) is 34.1 Å². The van der Waals surface area contributed by atoms with Gasteiger partial charge in [-0.1, -0.05) is 19.9 Å². The molecule has 1 N–H and O–H groups in total. The Morgan fingerprint density at radius 1 is 1.00 bits per heavy atom. The fourth-order valence-electron chi connectivity index (χ4n) is 1.89. The molecular formula is C17H22N2O. The molecule has 20 heavy (non-hydrogen) atoms. The van der Waals surface area contributed by atoms with Crippen LogP contribution in [0.4, 0.5) is 5.82 Å². The van der Waals surface area contributed by atoms with Crippen LogP contribution in [0, 0.1) is 0 Å². The van der Waals surface area contributed by atoms with E-state index in [4.69, 9.17) is 4.74 Å². The van der Waals surface area contributed by atoms with Gasteiger partial charge in [0, 0.05) is 12.1 Å². The Morgan fingerprint density at radius 2 is 1.80 bits per heavy atom. The zero-order chi connectivity index (χ0) is 14.2. The van der Waals surface area contributed by atoms with Gasteiger partial charge >= 0.3 is 0 Å². The SMILES string of the molecule is CCCNc1cccc(-c2ccc(OCCC)cc2)n1. The van der Waals surface area contributed by atoms with Crippen LogP contribution in [0.5, 0.6) is 5.75 Å². The highest BCUT2D eigenvalue weighted by molar-refractivity contribution is 5.62. The third kappa shape index (κ3) is 3.98. The number of benzene rings is 1. The van der Waals surface area contributed by atoms with Gasteiger partial charge in [-0.2, -0.15) is 0 Å². The molecule has 0 aliphatic heterocycles. The number of nitrogens with one attached hydrogen (secondary N) is 1. The monoisotopic (exact) mass is 270 g/mol. The normalized spacial score (nSPS) is 10.3. The highest BCUT2D eigenvalue weighted by Gasteiger charge is 2.01. The summed E-state index contributed by atoms with van der Waals surface area (Å²) in [4.78, 5) is 4.62. The second kappa shape index (κ2) is 7.53. The molecule has 2 aromatic rings. The van der Waals surface area contributed by atoms with Crippen LogP contribution in [0.15, 0.2) is 42.5 Å². The largest absolute Gasteiger partial charge is 0.494 e. The smallest absolute Gasteiger partial charge is 0.126 e. The third-order valence-corrected chi connectivity index (χ3v) is 2.93. The van der Waals surface area contributed by atoms with Crippen LogP contribution in [-0.4, -0.2) is 18.1 Å². The molecule has 0 unspecified atom stereocenters. The lowest BCUT2D eigenvalue weighted by Gasteiger charge is -2.08. The van der Waals surface area contributed by atoms with Crippen molar-refractivity contribution in [2.45, 2.75) is 26.7 Å². The number of rotatable bonds is 7. The summed E-state index contributed by atoms with van der Waals surface area (Å²) >= 11 is 0. The van der Waals surface area contributed by atoms with E-state index in [1.165, 1.54) is 0 Å². The first-order valence-corrected chi connectivity index (χ1v) is 7.27. The van der Waals surface area contributed by atoms with E-state index < -0.39 is 0 Å². The second-order valence-electron chi connectivity index (χ2n) is 4.71. The van der Waals surface area contributed by atoms with E-state index in [0.29, 0.717) is 0 Å². The lowest BCUT2D eigenvalue weighted by atomic mass is 10.1. The number of anilines is 1. The van der Waals surface area contributed by atoms with Gasteiger partial charge in [0.1, 0.15) is 11.6 Å². The summed E-state index contributed by atoms with van der Waals surface area (Å²) in [5.74, 6) is 1.84. The van der Waals surface area contributed by atoms with Gasteiger partial charge in [-0.25, -0.2) is 4.98 Å². The van der Waals surface area contributed by atoms with E-state index in [1.807, 2.05) is 30.3 Å². The van der Waals surface area contributed by atoms with E-state index >= 15 is 0 Å². The lowest BCUT2D eigenvalue weighted by Crippen LogP contribution is -2.02. The predicted molar refractivity (Wildman–Crippen MR) is 84.2 cm³/mol. The van der Waals surface area contributed by atoms with Gasteiger partial charge in [0.2, 0.25) is 0 Å². The molecule has 2 rings (SSSR count). The number of aromatic nitrogens is 1. The van der Waals surface area contributed by atoms with Crippen molar-refractivity contribution in [3.63, 3.8) is 0 Å². The molecule has 0 radical (unpaired) electrons. The molecule has 0 amide bonds. The summed E-state index contributed by atoms with van der Waals surface area (Å²) in [7, 11) is 0. The van der Waals surface area contributed by atoms with Gasteiger partial charge in [0.25, 0.3) is 0 Å². The summed E-state index contributed by atoms with van der Waals surface area (Å²) in [6.45, 7) is 5.95. The molecule has 0 fully saturated rings. The van der Waals surface area contributed by atoms with E-state index in [-0.39, 0.29) is 0 Å². The van der Waals surface area contributed by atoms with Crippen molar-refractivity contribution in [2.24, 2.45) is 0 Å². The van der Waals surface area contributed by atoms with E-state index in [9.17, 15) is 0 Å². The van der Waals surface area contributed by atoms with Crippen LogP contribution < -0.4 is 10.1 Å². The Kier molecular flexibility index (Phi) is 5.42. The van der Waals surface area contributed by atoms with Crippen LogP contribution >= 0.6 is 0 Å². The number of pyridine rings is 1. The van der Waals surface area contributed by atoms with Crippen LogP contribution in [0.2, 0.25) is 0 Å². The summed E-state index contributed by atoms with van der Waals surface area (Å²) in [5.41, 5.74) is 2.09. The Morgan fingerprint density at radius 3 is 2.50 bits per heavy atom. The molecule has 0 aliphatic rings. The van der Waals surface area contributed by atoms with Crippen molar-refractivity contribution in [1.29, 1.82) is 0 Å². The molecule has 3 heteroatoms. The highest BCUT2D eigenvalue weighted by Crippen LogP contribution is 2.22. The summed E-state index contributed by atoms with van der Waals surface area (Å²) in [5, 5.41) is 3.31. The number of hydrogen-bond donors (Lipinski definition) is 1. The zero-order valence-corrected chi connectivity index (χ0v) is 12.2. The Bertz CT molecular complexity index is 523. The molecule has 0 saturated heterocycles. The minimum atomic E-state index is 0.758. The van der Waals surface area contributed by atoms with Crippen molar-refractivity contribution < 1.29 is 4.74 Å². The average molecular weight is 270 g/mol. The van der Waals surface area contributed by atoms with Gasteiger partial charge in [-0.05, 0) is 49.2 Å². The van der Waals surface area contributed by atoms with Crippen molar-refractivity contribution in [2.75, 3.05) is 18.5 Å². The van der Waals surface area contributed by atoms with Crippen molar-refractivity contribution in [1.82, 2.24) is 4.98 Å². The quantitative estimate of drug-likeness (QED) is 0.811. The number of nitrogens with zero attached hydrogens (tertiary/aromatic N) is 1. The highest BCUT2D eigenvalue weighted by atomic mass is 16.5. The molecule has 3 nitrogen and oxygen atoms in total. The Labute approximate surface area is 121 Å². The molecule has 0 atom stereocenters. The molecular weight excluding hydrogens is 248 g/mol. The van der Waals surface area contributed by atoms with Crippen LogP contribution in [0.1, 0.15) is 26.7 Å². The third-order valence-electron chi connectivity index (χ3n) is 2.93. The molecule has 0 bridgehead atoms. The summed E-state index contributed by atoms with van der Waals surface area (Å²) in [6, 6.07) is 14.2. The van der Waals surface area contributed by atoms with Gasteiger partial charge in [-0.3, -0.25) is 0 Å². The summed E-state index contributed by atoms with van der Waals surface area (Å²) in [6.07, 6.45) is 2.11.